The van der Waals surface area contributed by atoms with Gasteiger partial charge in [0.1, 0.15) is 5.75 Å². The third-order valence-corrected chi connectivity index (χ3v) is 2.97. The Hall–Kier alpha value is -2.27. The van der Waals surface area contributed by atoms with E-state index in [-0.39, 0.29) is 17.1 Å². The molecule has 3 N–H and O–H groups in total. The lowest BCUT2D eigenvalue weighted by atomic mass is 10.1. The Labute approximate surface area is 121 Å². The summed E-state index contributed by atoms with van der Waals surface area (Å²) in [5.41, 5.74) is 7.63. The van der Waals surface area contributed by atoms with Crippen LogP contribution >= 0.6 is 11.6 Å². The summed E-state index contributed by atoms with van der Waals surface area (Å²) in [6.07, 6.45) is 1.20. The second-order valence-electron chi connectivity index (χ2n) is 4.39. The molecule has 6 heteroatoms. The van der Waals surface area contributed by atoms with Crippen molar-refractivity contribution in [2.24, 2.45) is 0 Å². The molecule has 0 saturated heterocycles. The molecule has 2 rings (SSSR count). The van der Waals surface area contributed by atoms with E-state index in [1.165, 1.54) is 12.3 Å². The number of aromatic nitrogens is 1. The number of benzene rings is 1. The number of hydrogen-bond donors (Lipinski definition) is 2. The van der Waals surface area contributed by atoms with Crippen LogP contribution < -0.4 is 10.5 Å². The van der Waals surface area contributed by atoms with Gasteiger partial charge in [0.25, 0.3) is 0 Å². The van der Waals surface area contributed by atoms with Crippen molar-refractivity contribution in [1.82, 2.24) is 4.98 Å². The van der Waals surface area contributed by atoms with Gasteiger partial charge < -0.3 is 15.6 Å². The average molecular weight is 293 g/mol. The Bertz CT molecular complexity index is 663. The van der Waals surface area contributed by atoms with Crippen molar-refractivity contribution in [3.63, 3.8) is 0 Å². The second kappa shape index (κ2) is 5.38. The number of pyridine rings is 1. The predicted octanol–water partition coefficient (Wildman–Crippen LogP) is 3.42. The lowest BCUT2D eigenvalue weighted by Crippen LogP contribution is -2.02. The zero-order valence-electron chi connectivity index (χ0n) is 11.0. The number of carbonyl (C=O) groups is 1. The number of aryl methyl sites for hydroxylation is 2. The van der Waals surface area contributed by atoms with Gasteiger partial charge in [0.15, 0.2) is 0 Å². The van der Waals surface area contributed by atoms with Crippen molar-refractivity contribution < 1.29 is 14.6 Å². The summed E-state index contributed by atoms with van der Waals surface area (Å²) in [5, 5.41) is 9.48. The van der Waals surface area contributed by atoms with Gasteiger partial charge in [0, 0.05) is 11.2 Å². The van der Waals surface area contributed by atoms with Crippen molar-refractivity contribution in [1.29, 1.82) is 0 Å². The van der Waals surface area contributed by atoms with Gasteiger partial charge in [0.05, 0.1) is 11.3 Å². The number of ether oxygens (including phenoxy) is 1. The summed E-state index contributed by atoms with van der Waals surface area (Å²) >= 11 is 5.95. The molecule has 1 heterocycles. The van der Waals surface area contributed by atoms with E-state index in [0.29, 0.717) is 10.8 Å². The Morgan fingerprint density at radius 3 is 2.40 bits per heavy atom. The number of nitrogens with two attached hydrogens (primary N) is 1. The number of nitrogens with zero attached hydrogens (tertiary/aromatic N) is 1. The highest BCUT2D eigenvalue weighted by Gasteiger charge is 2.12. The van der Waals surface area contributed by atoms with Crippen LogP contribution in [0.2, 0.25) is 5.02 Å². The molecule has 20 heavy (non-hydrogen) atoms. The maximum absolute atomic E-state index is 10.8. The fourth-order valence-electron chi connectivity index (χ4n) is 1.83. The largest absolute Gasteiger partial charge is 0.478 e. The summed E-state index contributed by atoms with van der Waals surface area (Å²) < 4.78 is 5.67. The molecule has 0 spiro atoms. The molecule has 0 aliphatic carbocycles. The van der Waals surface area contributed by atoms with Crippen LogP contribution in [0.4, 0.5) is 5.69 Å². The van der Waals surface area contributed by atoms with Crippen LogP contribution in [0.1, 0.15) is 21.5 Å². The first kappa shape index (κ1) is 14.1. The third kappa shape index (κ3) is 2.83. The number of carboxylic acid groups (broad SMARTS) is 1. The van der Waals surface area contributed by atoms with Crippen molar-refractivity contribution >= 4 is 23.3 Å². The summed E-state index contributed by atoms with van der Waals surface area (Å²) in [7, 11) is 0. The first-order valence-electron chi connectivity index (χ1n) is 5.82. The SMILES string of the molecule is Cc1cc(Cl)cc(C)c1Oc1ncc(C(=O)O)cc1N. The lowest BCUT2D eigenvalue weighted by molar-refractivity contribution is 0.0696. The highest BCUT2D eigenvalue weighted by molar-refractivity contribution is 6.30. The molecule has 1 aromatic heterocycles. The zero-order chi connectivity index (χ0) is 14.9. The van der Waals surface area contributed by atoms with Gasteiger partial charge >= 0.3 is 5.97 Å². The molecule has 0 atom stereocenters. The zero-order valence-corrected chi connectivity index (χ0v) is 11.7. The highest BCUT2D eigenvalue weighted by Crippen LogP contribution is 2.32. The molecule has 0 aliphatic rings. The first-order chi connectivity index (χ1) is 9.38. The van der Waals surface area contributed by atoms with Crippen LogP contribution in [0.15, 0.2) is 24.4 Å². The Kier molecular flexibility index (Phi) is 3.81. The molecule has 0 radical (unpaired) electrons. The minimum absolute atomic E-state index is 0.0133. The van der Waals surface area contributed by atoms with Crippen LogP contribution in [-0.4, -0.2) is 16.1 Å². The third-order valence-electron chi connectivity index (χ3n) is 2.75. The topological polar surface area (TPSA) is 85.4 Å². The standard InChI is InChI=1S/C14H13ClN2O3/c1-7-3-10(15)4-8(2)12(7)20-13-11(16)5-9(6-17-13)14(18)19/h3-6H,16H2,1-2H3,(H,18,19). The smallest absolute Gasteiger partial charge is 0.337 e. The number of anilines is 1. The van der Waals surface area contributed by atoms with Crippen LogP contribution in [0.5, 0.6) is 11.6 Å². The summed E-state index contributed by atoms with van der Waals surface area (Å²) in [6, 6.07) is 4.85. The number of nitrogen functional groups attached to an aromatic ring is 1. The van der Waals surface area contributed by atoms with Crippen LogP contribution in [0, 0.1) is 13.8 Å². The normalized spacial score (nSPS) is 10.3. The summed E-state index contributed by atoms with van der Waals surface area (Å²) in [4.78, 5) is 14.8. The molecule has 0 fully saturated rings. The molecular formula is C14H13ClN2O3. The molecule has 1 aromatic carbocycles. The highest BCUT2D eigenvalue weighted by atomic mass is 35.5. The minimum atomic E-state index is -1.09. The van der Waals surface area contributed by atoms with E-state index in [2.05, 4.69) is 4.98 Å². The first-order valence-corrected chi connectivity index (χ1v) is 6.19. The molecular weight excluding hydrogens is 280 g/mol. The van der Waals surface area contributed by atoms with Gasteiger partial charge in [-0.2, -0.15) is 0 Å². The molecule has 0 amide bonds. The van der Waals surface area contributed by atoms with Crippen molar-refractivity contribution in [2.45, 2.75) is 13.8 Å². The van der Waals surface area contributed by atoms with E-state index in [0.717, 1.165) is 11.1 Å². The van der Waals surface area contributed by atoms with Crippen LogP contribution in [-0.2, 0) is 0 Å². The Balaban J connectivity index is 2.38. The molecule has 0 bridgehead atoms. The van der Waals surface area contributed by atoms with E-state index in [1.54, 1.807) is 12.1 Å². The average Bonchev–Trinajstić information content (AvgIpc) is 2.34. The fraction of sp³-hybridized carbons (Fsp3) is 0.143. The van der Waals surface area contributed by atoms with E-state index >= 15 is 0 Å². The number of carboxylic acids is 1. The predicted molar refractivity (Wildman–Crippen MR) is 76.6 cm³/mol. The molecule has 0 aliphatic heterocycles. The number of rotatable bonds is 3. The molecule has 104 valence electrons. The quantitative estimate of drug-likeness (QED) is 0.905. The van der Waals surface area contributed by atoms with Gasteiger partial charge in [-0.05, 0) is 43.2 Å². The molecule has 5 nitrogen and oxygen atoms in total. The van der Waals surface area contributed by atoms with E-state index < -0.39 is 5.97 Å². The Morgan fingerprint density at radius 2 is 1.90 bits per heavy atom. The summed E-state index contributed by atoms with van der Waals surface area (Å²) in [5.74, 6) is -0.310. The Morgan fingerprint density at radius 1 is 1.30 bits per heavy atom. The van der Waals surface area contributed by atoms with Gasteiger partial charge in [-0.3, -0.25) is 0 Å². The summed E-state index contributed by atoms with van der Waals surface area (Å²) in [6.45, 7) is 3.71. The number of halogens is 1. The monoisotopic (exact) mass is 292 g/mol. The van der Waals surface area contributed by atoms with E-state index in [4.69, 9.17) is 27.2 Å². The number of aromatic carboxylic acids is 1. The maximum Gasteiger partial charge on any atom is 0.337 e. The van der Waals surface area contributed by atoms with Crippen molar-refractivity contribution in [2.75, 3.05) is 5.73 Å². The van der Waals surface area contributed by atoms with Crippen molar-refractivity contribution in [3.8, 4) is 11.6 Å². The number of hydrogen-bond acceptors (Lipinski definition) is 4. The van der Waals surface area contributed by atoms with Gasteiger partial charge in [-0.25, -0.2) is 9.78 Å². The lowest BCUT2D eigenvalue weighted by Gasteiger charge is -2.13. The van der Waals surface area contributed by atoms with Gasteiger partial charge in [-0.1, -0.05) is 11.6 Å². The fourth-order valence-corrected chi connectivity index (χ4v) is 2.15. The molecule has 0 unspecified atom stereocenters. The van der Waals surface area contributed by atoms with E-state index in [9.17, 15) is 4.79 Å². The van der Waals surface area contributed by atoms with Gasteiger partial charge in [-0.15, -0.1) is 0 Å². The minimum Gasteiger partial charge on any atom is -0.478 e. The van der Waals surface area contributed by atoms with Gasteiger partial charge in [0.2, 0.25) is 5.88 Å². The van der Waals surface area contributed by atoms with E-state index in [1.807, 2.05) is 13.8 Å². The second-order valence-corrected chi connectivity index (χ2v) is 4.83. The van der Waals surface area contributed by atoms with Crippen molar-refractivity contribution in [3.05, 3.63) is 46.1 Å². The van der Waals surface area contributed by atoms with Crippen LogP contribution in [0.25, 0.3) is 0 Å². The maximum atomic E-state index is 10.8. The van der Waals surface area contributed by atoms with Crippen LogP contribution in [0.3, 0.4) is 0 Å². The molecule has 0 saturated carbocycles. The molecule has 2 aromatic rings.